The minimum absolute atomic E-state index is 0.123. The zero-order valence-electron chi connectivity index (χ0n) is 13.0. The zero-order valence-corrected chi connectivity index (χ0v) is 13.0. The summed E-state index contributed by atoms with van der Waals surface area (Å²) in [5, 5.41) is 22.1. The smallest absolute Gasteiger partial charge is 0.101 e. The molecule has 1 saturated carbocycles. The van der Waals surface area contributed by atoms with Crippen molar-refractivity contribution in [3.05, 3.63) is 29.3 Å². The highest BCUT2D eigenvalue weighted by Crippen LogP contribution is 2.31. The molecule has 1 fully saturated rings. The number of aliphatic hydroxyl groups excluding tert-OH is 1. The summed E-state index contributed by atoms with van der Waals surface area (Å²) in [6, 6.07) is 9.29. The Balaban J connectivity index is 2.19. The quantitative estimate of drug-likeness (QED) is 0.808. The number of anilines is 1. The summed E-state index contributed by atoms with van der Waals surface area (Å²) < 4.78 is 0. The van der Waals surface area contributed by atoms with E-state index in [0.29, 0.717) is 24.2 Å². The molecule has 2 N–H and O–H groups in total. The molecule has 1 aliphatic carbocycles. The largest absolute Gasteiger partial charge is 0.395 e. The molecule has 0 saturated heterocycles. The van der Waals surface area contributed by atoms with Crippen LogP contribution in [0.5, 0.6) is 0 Å². The zero-order chi connectivity index (χ0) is 15.2. The molecule has 4 nitrogen and oxygen atoms in total. The van der Waals surface area contributed by atoms with Crippen molar-refractivity contribution in [2.75, 3.05) is 18.1 Å². The van der Waals surface area contributed by atoms with Crippen LogP contribution in [0.1, 0.15) is 44.2 Å². The van der Waals surface area contributed by atoms with E-state index in [1.54, 1.807) is 0 Å². The first-order chi connectivity index (χ1) is 10.2. The predicted molar refractivity (Wildman–Crippen MR) is 85.2 cm³/mol. The lowest BCUT2D eigenvalue weighted by molar-refractivity contribution is 0.283. The maximum atomic E-state index is 9.45. The minimum atomic E-state index is 0.123. The van der Waals surface area contributed by atoms with Crippen molar-refractivity contribution in [3.63, 3.8) is 0 Å². The monoisotopic (exact) mass is 287 g/mol. The molecule has 0 atom stereocenters. The number of hydrogen-bond acceptors (Lipinski definition) is 4. The maximum absolute atomic E-state index is 9.45. The number of nitrogens with zero attached hydrogens (tertiary/aromatic N) is 2. The molecule has 4 heteroatoms. The van der Waals surface area contributed by atoms with Crippen molar-refractivity contribution in [1.82, 2.24) is 5.32 Å². The predicted octanol–water partition coefficient (Wildman–Crippen LogP) is 2.41. The Labute approximate surface area is 127 Å². The highest BCUT2D eigenvalue weighted by atomic mass is 16.3. The Morgan fingerprint density at radius 1 is 1.43 bits per heavy atom. The van der Waals surface area contributed by atoms with Gasteiger partial charge in [0.1, 0.15) is 6.07 Å². The molecule has 1 aromatic rings. The first kappa shape index (κ1) is 15.8. The standard InChI is InChI=1S/C17H25N3O/c1-13(2)19-12-14-6-7-17(15(10-14)11-18)20(8-9-21)16-4-3-5-16/h6-7,10,13,16,19,21H,3-5,8-9,12H2,1-2H3. The highest BCUT2D eigenvalue weighted by molar-refractivity contribution is 5.61. The van der Waals surface area contributed by atoms with Crippen LogP contribution >= 0.6 is 0 Å². The van der Waals surface area contributed by atoms with E-state index < -0.39 is 0 Å². The molecular weight excluding hydrogens is 262 g/mol. The summed E-state index contributed by atoms with van der Waals surface area (Å²) in [7, 11) is 0. The Bertz CT molecular complexity index is 503. The average Bonchev–Trinajstić information content (AvgIpc) is 2.42. The number of nitrogens with one attached hydrogen (secondary N) is 1. The Morgan fingerprint density at radius 3 is 2.71 bits per heavy atom. The van der Waals surface area contributed by atoms with Crippen molar-refractivity contribution >= 4 is 5.69 Å². The molecule has 0 amide bonds. The molecule has 21 heavy (non-hydrogen) atoms. The third kappa shape index (κ3) is 3.96. The van der Waals surface area contributed by atoms with Gasteiger partial charge in [-0.25, -0.2) is 0 Å². The Kier molecular flexibility index (Phi) is 5.60. The van der Waals surface area contributed by atoms with E-state index >= 15 is 0 Å². The molecule has 0 bridgehead atoms. The van der Waals surface area contributed by atoms with Crippen molar-refractivity contribution < 1.29 is 5.11 Å². The average molecular weight is 287 g/mol. The number of benzene rings is 1. The summed E-state index contributed by atoms with van der Waals surface area (Å²) in [6.45, 7) is 5.72. The molecule has 0 unspecified atom stereocenters. The van der Waals surface area contributed by atoms with Crippen LogP contribution < -0.4 is 10.2 Å². The van der Waals surface area contributed by atoms with Crippen molar-refractivity contribution in [1.29, 1.82) is 5.26 Å². The van der Waals surface area contributed by atoms with Gasteiger partial charge in [0.2, 0.25) is 0 Å². The highest BCUT2D eigenvalue weighted by Gasteiger charge is 2.26. The van der Waals surface area contributed by atoms with E-state index in [9.17, 15) is 10.4 Å². The van der Waals surface area contributed by atoms with Gasteiger partial charge >= 0.3 is 0 Å². The van der Waals surface area contributed by atoms with Crippen LogP contribution in [0.2, 0.25) is 0 Å². The molecule has 0 heterocycles. The van der Waals surface area contributed by atoms with E-state index in [1.165, 1.54) is 6.42 Å². The fourth-order valence-corrected chi connectivity index (χ4v) is 2.66. The number of nitriles is 1. The van der Waals surface area contributed by atoms with Crippen LogP contribution in [0.25, 0.3) is 0 Å². The van der Waals surface area contributed by atoms with Gasteiger partial charge in [-0.2, -0.15) is 5.26 Å². The van der Waals surface area contributed by atoms with Gasteiger partial charge in [-0.1, -0.05) is 19.9 Å². The molecule has 2 rings (SSSR count). The van der Waals surface area contributed by atoms with Gasteiger partial charge in [-0.05, 0) is 37.0 Å². The summed E-state index contributed by atoms with van der Waals surface area (Å²) in [5.74, 6) is 0. The third-order valence-corrected chi connectivity index (χ3v) is 4.06. The Morgan fingerprint density at radius 2 is 2.19 bits per heavy atom. The second-order valence-corrected chi connectivity index (χ2v) is 6.00. The van der Waals surface area contributed by atoms with E-state index in [1.807, 2.05) is 12.1 Å². The lowest BCUT2D eigenvalue weighted by Gasteiger charge is -2.39. The van der Waals surface area contributed by atoms with E-state index in [-0.39, 0.29) is 6.61 Å². The van der Waals surface area contributed by atoms with Crippen molar-refractivity contribution in [2.45, 2.75) is 51.7 Å². The number of rotatable bonds is 7. The lowest BCUT2D eigenvalue weighted by Crippen LogP contribution is -2.42. The normalized spacial score (nSPS) is 14.8. The second kappa shape index (κ2) is 7.44. The first-order valence-electron chi connectivity index (χ1n) is 7.79. The third-order valence-electron chi connectivity index (χ3n) is 4.06. The second-order valence-electron chi connectivity index (χ2n) is 6.00. The van der Waals surface area contributed by atoms with E-state index in [4.69, 9.17) is 0 Å². The Hall–Kier alpha value is -1.57. The topological polar surface area (TPSA) is 59.3 Å². The summed E-state index contributed by atoms with van der Waals surface area (Å²) in [5.41, 5.74) is 2.80. The van der Waals surface area contributed by atoms with E-state index in [0.717, 1.165) is 30.6 Å². The van der Waals surface area contributed by atoms with E-state index in [2.05, 4.69) is 36.2 Å². The molecule has 0 spiro atoms. The number of hydrogen-bond donors (Lipinski definition) is 2. The molecule has 0 aliphatic heterocycles. The molecule has 0 aromatic heterocycles. The van der Waals surface area contributed by atoms with Crippen molar-refractivity contribution in [2.24, 2.45) is 0 Å². The van der Waals surface area contributed by atoms with Gasteiger partial charge in [0.15, 0.2) is 0 Å². The van der Waals surface area contributed by atoms with Crippen LogP contribution in [-0.4, -0.2) is 30.3 Å². The molecule has 114 valence electrons. The molecule has 1 aliphatic rings. The first-order valence-corrected chi connectivity index (χ1v) is 7.79. The van der Waals surface area contributed by atoms with Crippen LogP contribution in [0.3, 0.4) is 0 Å². The van der Waals surface area contributed by atoms with Gasteiger partial charge < -0.3 is 15.3 Å². The lowest BCUT2D eigenvalue weighted by atomic mass is 9.90. The van der Waals surface area contributed by atoms with Crippen LogP contribution in [-0.2, 0) is 6.54 Å². The van der Waals surface area contributed by atoms with Crippen molar-refractivity contribution in [3.8, 4) is 6.07 Å². The van der Waals surface area contributed by atoms with Crippen LogP contribution in [0.15, 0.2) is 18.2 Å². The number of aliphatic hydroxyl groups is 1. The fourth-order valence-electron chi connectivity index (χ4n) is 2.66. The minimum Gasteiger partial charge on any atom is -0.395 e. The SMILES string of the molecule is CC(C)NCc1ccc(N(CCO)C2CCC2)c(C#N)c1. The van der Waals surface area contributed by atoms with Crippen LogP contribution in [0, 0.1) is 11.3 Å². The maximum Gasteiger partial charge on any atom is 0.101 e. The van der Waals surface area contributed by atoms with Gasteiger partial charge in [0, 0.05) is 25.2 Å². The van der Waals surface area contributed by atoms with Gasteiger partial charge in [-0.3, -0.25) is 0 Å². The van der Waals surface area contributed by atoms with Gasteiger partial charge in [0.05, 0.1) is 17.9 Å². The summed E-state index contributed by atoms with van der Waals surface area (Å²) in [4.78, 5) is 2.20. The molecular formula is C17H25N3O. The molecule has 1 aromatic carbocycles. The fraction of sp³-hybridized carbons (Fsp3) is 0.588. The van der Waals surface area contributed by atoms with Gasteiger partial charge in [0.25, 0.3) is 0 Å². The molecule has 0 radical (unpaired) electrons. The van der Waals surface area contributed by atoms with Crippen LogP contribution in [0.4, 0.5) is 5.69 Å². The summed E-state index contributed by atoms with van der Waals surface area (Å²) in [6.07, 6.45) is 3.55. The summed E-state index contributed by atoms with van der Waals surface area (Å²) >= 11 is 0. The van der Waals surface area contributed by atoms with Gasteiger partial charge in [-0.15, -0.1) is 0 Å².